The summed E-state index contributed by atoms with van der Waals surface area (Å²) in [6.45, 7) is 13.3. The molecule has 2 aromatic carbocycles. The number of nitriles is 1. The number of benzene rings is 2. The van der Waals surface area contributed by atoms with Gasteiger partial charge in [0, 0.05) is 17.5 Å². The summed E-state index contributed by atoms with van der Waals surface area (Å²) in [6, 6.07) is 16.5. The molecule has 5 rings (SSSR count). The molecule has 8 nitrogen and oxygen atoms in total. The molecular formula is C30H38N4O4. The average molecular weight is 519 g/mol. The largest absolute Gasteiger partial charge is 0.488 e. The van der Waals surface area contributed by atoms with Crippen LogP contribution < -0.4 is 15.6 Å². The van der Waals surface area contributed by atoms with Crippen LogP contribution in [0.1, 0.15) is 58.6 Å². The van der Waals surface area contributed by atoms with E-state index in [0.717, 1.165) is 46.4 Å². The van der Waals surface area contributed by atoms with E-state index in [2.05, 4.69) is 17.2 Å². The van der Waals surface area contributed by atoms with E-state index in [0.29, 0.717) is 37.3 Å². The predicted molar refractivity (Wildman–Crippen MR) is 150 cm³/mol. The van der Waals surface area contributed by atoms with Gasteiger partial charge in [-0.1, -0.05) is 26.0 Å². The van der Waals surface area contributed by atoms with Crippen LogP contribution >= 0.6 is 0 Å². The normalized spacial score (nSPS) is 15.5. The highest BCUT2D eigenvalue weighted by molar-refractivity contribution is 5.95. The van der Waals surface area contributed by atoms with Gasteiger partial charge in [-0.2, -0.15) is 5.26 Å². The van der Waals surface area contributed by atoms with Crippen LogP contribution in [0.2, 0.25) is 0 Å². The van der Waals surface area contributed by atoms with Gasteiger partial charge in [0.15, 0.2) is 6.29 Å². The minimum Gasteiger partial charge on any atom is -0.488 e. The lowest BCUT2D eigenvalue weighted by atomic mass is 9.92. The van der Waals surface area contributed by atoms with Crippen molar-refractivity contribution >= 4 is 16.6 Å². The van der Waals surface area contributed by atoms with E-state index in [1.807, 2.05) is 70.2 Å². The second kappa shape index (κ2) is 12.4. The van der Waals surface area contributed by atoms with E-state index in [-0.39, 0.29) is 12.4 Å². The molecular weight excluding hydrogens is 480 g/mol. The van der Waals surface area contributed by atoms with Crippen molar-refractivity contribution in [1.29, 1.82) is 5.26 Å². The number of rotatable bonds is 9. The third-order valence-corrected chi connectivity index (χ3v) is 6.66. The zero-order valence-corrected chi connectivity index (χ0v) is 22.8. The van der Waals surface area contributed by atoms with Crippen LogP contribution in [0.3, 0.4) is 0 Å². The standard InChI is InChI=1S/C28H32N4O4.C2H6/c1-18(2)36-19(3)32(30)22-9-7-20(8-10-22)28-25(16-29)24-12-11-23(35-17-27-33-13-14-34-27)15-26(24)31(28)21-5-4-6-21;1-2/h7-12,15,18,21,27H,3-6,13-14,17,30H2,1-2H3;1-2H3. The van der Waals surface area contributed by atoms with Crippen molar-refractivity contribution in [1.82, 2.24) is 4.57 Å². The summed E-state index contributed by atoms with van der Waals surface area (Å²) in [5.41, 5.74) is 4.29. The molecule has 1 aromatic heterocycles. The molecule has 8 heteroatoms. The number of ether oxygens (including phenoxy) is 4. The number of nitrogens with two attached hydrogens (primary N) is 1. The lowest BCUT2D eigenvalue weighted by Gasteiger charge is -2.30. The van der Waals surface area contributed by atoms with Gasteiger partial charge >= 0.3 is 0 Å². The number of hydrogen-bond donors (Lipinski definition) is 1. The molecule has 2 aliphatic rings. The Bertz CT molecular complexity index is 1280. The Morgan fingerprint density at radius 2 is 1.84 bits per heavy atom. The van der Waals surface area contributed by atoms with Crippen molar-refractivity contribution in [2.45, 2.75) is 65.4 Å². The zero-order valence-electron chi connectivity index (χ0n) is 22.8. The average Bonchev–Trinajstić information content (AvgIpc) is 3.53. The molecule has 1 saturated carbocycles. The van der Waals surface area contributed by atoms with Crippen molar-refractivity contribution in [2.75, 3.05) is 24.8 Å². The highest BCUT2D eigenvalue weighted by atomic mass is 16.7. The first-order chi connectivity index (χ1) is 18.5. The maximum Gasteiger partial charge on any atom is 0.201 e. The number of nitrogens with zero attached hydrogens (tertiary/aromatic N) is 3. The molecule has 3 aromatic rings. The first-order valence-electron chi connectivity index (χ1n) is 13.4. The summed E-state index contributed by atoms with van der Waals surface area (Å²) in [7, 11) is 0. The molecule has 38 heavy (non-hydrogen) atoms. The first kappa shape index (κ1) is 27.5. The molecule has 202 valence electrons. The zero-order chi connectivity index (χ0) is 27.2. The van der Waals surface area contributed by atoms with Crippen LogP contribution in [0.25, 0.3) is 22.2 Å². The van der Waals surface area contributed by atoms with Gasteiger partial charge in [-0.25, -0.2) is 10.9 Å². The number of fused-ring (bicyclic) bond motifs is 1. The Kier molecular flexibility index (Phi) is 8.95. The number of hydrogen-bond acceptors (Lipinski definition) is 7. The van der Waals surface area contributed by atoms with E-state index in [4.69, 9.17) is 24.8 Å². The van der Waals surface area contributed by atoms with Crippen molar-refractivity contribution < 1.29 is 18.9 Å². The molecule has 1 aliphatic carbocycles. The fourth-order valence-corrected chi connectivity index (χ4v) is 4.72. The molecule has 0 amide bonds. The van der Waals surface area contributed by atoms with E-state index >= 15 is 0 Å². The number of anilines is 1. The Morgan fingerprint density at radius 1 is 1.16 bits per heavy atom. The summed E-state index contributed by atoms with van der Waals surface area (Å²) in [5, 5.41) is 12.5. The number of hydrazine groups is 1. The molecule has 0 unspecified atom stereocenters. The van der Waals surface area contributed by atoms with Gasteiger partial charge in [0.2, 0.25) is 5.88 Å². The molecule has 2 heterocycles. The van der Waals surface area contributed by atoms with Gasteiger partial charge in [-0.15, -0.1) is 0 Å². The van der Waals surface area contributed by atoms with E-state index in [1.165, 1.54) is 11.4 Å². The molecule has 1 saturated heterocycles. The molecule has 0 bridgehead atoms. The number of aromatic nitrogens is 1. The fraction of sp³-hybridized carbons (Fsp3) is 0.433. The van der Waals surface area contributed by atoms with Crippen molar-refractivity contribution in [3.8, 4) is 23.1 Å². The topological polar surface area (TPSA) is 94.9 Å². The third-order valence-electron chi connectivity index (χ3n) is 6.66. The smallest absolute Gasteiger partial charge is 0.201 e. The Morgan fingerprint density at radius 3 is 2.42 bits per heavy atom. The minimum atomic E-state index is -0.341. The summed E-state index contributed by atoms with van der Waals surface area (Å²) in [5.74, 6) is 7.32. The van der Waals surface area contributed by atoms with Gasteiger partial charge in [0.05, 0.1) is 41.8 Å². The minimum absolute atomic E-state index is 0.0220. The van der Waals surface area contributed by atoms with Crippen molar-refractivity contribution in [3.05, 3.63) is 60.5 Å². The summed E-state index contributed by atoms with van der Waals surface area (Å²) in [4.78, 5) is 0. The molecule has 2 fully saturated rings. The van der Waals surface area contributed by atoms with Gasteiger partial charge in [-0.05, 0) is 69.5 Å². The molecule has 0 spiro atoms. The predicted octanol–water partition coefficient (Wildman–Crippen LogP) is 6.26. The Hall–Kier alpha value is -3.51. The second-order valence-electron chi connectivity index (χ2n) is 9.43. The van der Waals surface area contributed by atoms with Gasteiger partial charge in [-0.3, -0.25) is 0 Å². The van der Waals surface area contributed by atoms with Crippen LogP contribution in [0.5, 0.6) is 5.75 Å². The first-order valence-corrected chi connectivity index (χ1v) is 13.4. The van der Waals surface area contributed by atoms with Crippen molar-refractivity contribution in [3.63, 3.8) is 0 Å². The van der Waals surface area contributed by atoms with E-state index < -0.39 is 0 Å². The molecule has 1 aliphatic heterocycles. The van der Waals surface area contributed by atoms with Gasteiger partial charge < -0.3 is 23.5 Å². The highest BCUT2D eigenvalue weighted by Gasteiger charge is 2.28. The maximum atomic E-state index is 10.2. The van der Waals surface area contributed by atoms with Crippen LogP contribution in [-0.2, 0) is 14.2 Å². The van der Waals surface area contributed by atoms with Crippen molar-refractivity contribution in [2.24, 2.45) is 5.84 Å². The lowest BCUT2D eigenvalue weighted by molar-refractivity contribution is -0.0683. The van der Waals surface area contributed by atoms with E-state index in [9.17, 15) is 5.26 Å². The van der Waals surface area contributed by atoms with Crippen LogP contribution in [0, 0.1) is 11.3 Å². The maximum absolute atomic E-state index is 10.2. The van der Waals surface area contributed by atoms with Crippen LogP contribution in [0.15, 0.2) is 54.9 Å². The van der Waals surface area contributed by atoms with E-state index in [1.54, 1.807) is 0 Å². The summed E-state index contributed by atoms with van der Waals surface area (Å²) in [6.07, 6.45) is 2.98. The summed E-state index contributed by atoms with van der Waals surface area (Å²) < 4.78 is 24.9. The lowest BCUT2D eigenvalue weighted by Crippen LogP contribution is -2.31. The molecule has 0 radical (unpaired) electrons. The van der Waals surface area contributed by atoms with Gasteiger partial charge in [0.1, 0.15) is 18.4 Å². The molecule has 2 N–H and O–H groups in total. The molecule has 0 atom stereocenters. The van der Waals surface area contributed by atoms with Crippen LogP contribution in [-0.4, -0.2) is 36.8 Å². The highest BCUT2D eigenvalue weighted by Crippen LogP contribution is 2.43. The fourth-order valence-electron chi connectivity index (χ4n) is 4.72. The van der Waals surface area contributed by atoms with Gasteiger partial charge in [0.25, 0.3) is 0 Å². The SMILES string of the molecule is C=C(OC(C)C)N(N)c1ccc(-c2c(C#N)c3ccc(OCC4OCCO4)cc3n2C2CCC2)cc1.CC. The monoisotopic (exact) mass is 518 g/mol. The second-order valence-corrected chi connectivity index (χ2v) is 9.43. The Labute approximate surface area is 225 Å². The van der Waals surface area contributed by atoms with Crippen LogP contribution in [0.4, 0.5) is 5.69 Å². The summed E-state index contributed by atoms with van der Waals surface area (Å²) >= 11 is 0. The third kappa shape index (κ3) is 5.65. The quantitative estimate of drug-likeness (QED) is 0.203. The Balaban J connectivity index is 0.00000164.